The zero-order chi connectivity index (χ0) is 26.4. The summed E-state index contributed by atoms with van der Waals surface area (Å²) in [5, 5.41) is 21.6. The first-order chi connectivity index (χ1) is 17.9. The van der Waals surface area contributed by atoms with Crippen LogP contribution in [0.15, 0.2) is 78.4 Å². The minimum absolute atomic E-state index is 0.0150. The van der Waals surface area contributed by atoms with Gasteiger partial charge in [-0.15, -0.1) is 0 Å². The van der Waals surface area contributed by atoms with E-state index in [0.29, 0.717) is 36.5 Å². The lowest BCUT2D eigenvalue weighted by Crippen LogP contribution is -2.31. The number of aromatic hydroxyl groups is 1. The minimum atomic E-state index is -0.858. The van der Waals surface area contributed by atoms with Crippen LogP contribution in [0, 0.1) is 0 Å². The summed E-state index contributed by atoms with van der Waals surface area (Å²) in [6, 6.07) is 20.4. The van der Waals surface area contributed by atoms with Gasteiger partial charge in [0.05, 0.1) is 24.8 Å². The van der Waals surface area contributed by atoms with Gasteiger partial charge in [0.1, 0.15) is 11.5 Å². The predicted octanol–water partition coefficient (Wildman–Crippen LogP) is 5.24. The van der Waals surface area contributed by atoms with E-state index >= 15 is 0 Å². The van der Waals surface area contributed by atoms with E-state index in [9.17, 15) is 19.8 Å². The Morgan fingerprint density at radius 3 is 2.46 bits per heavy atom. The number of carbonyl (C=O) groups is 2. The third-order valence-electron chi connectivity index (χ3n) is 6.20. The Morgan fingerprint density at radius 1 is 0.946 bits per heavy atom. The van der Waals surface area contributed by atoms with Crippen LogP contribution in [0.2, 0.25) is 0 Å². The maximum absolute atomic E-state index is 13.3. The Labute approximate surface area is 216 Å². The van der Waals surface area contributed by atoms with Crippen molar-refractivity contribution in [3.8, 4) is 17.2 Å². The van der Waals surface area contributed by atoms with Gasteiger partial charge in [-0.2, -0.15) is 0 Å². The molecule has 1 aliphatic heterocycles. The second-order valence-corrected chi connectivity index (χ2v) is 8.76. The first kappa shape index (κ1) is 25.8. The molecule has 1 saturated heterocycles. The first-order valence-electron chi connectivity index (χ1n) is 12.5. The van der Waals surface area contributed by atoms with E-state index in [1.165, 1.54) is 11.0 Å². The molecule has 7 nitrogen and oxygen atoms in total. The number of likely N-dealkylation sites (tertiary alicyclic amines) is 1. The summed E-state index contributed by atoms with van der Waals surface area (Å²) >= 11 is 0. The number of nitrogens with zero attached hydrogens (tertiary/aromatic N) is 1. The Kier molecular flexibility index (Phi) is 8.13. The fraction of sp³-hybridized carbons (Fsp3) is 0.267. The van der Waals surface area contributed by atoms with Crippen molar-refractivity contribution in [2.24, 2.45) is 0 Å². The number of hydrogen-bond donors (Lipinski definition) is 2. The molecule has 1 heterocycles. The smallest absolute Gasteiger partial charge is 0.295 e. The van der Waals surface area contributed by atoms with E-state index in [2.05, 4.69) is 0 Å². The Hall–Kier alpha value is -4.26. The highest BCUT2D eigenvalue weighted by Crippen LogP contribution is 2.42. The number of aliphatic hydroxyl groups excluding tert-OH is 1. The summed E-state index contributed by atoms with van der Waals surface area (Å²) < 4.78 is 11.2. The fourth-order valence-corrected chi connectivity index (χ4v) is 4.43. The van der Waals surface area contributed by atoms with Crippen molar-refractivity contribution in [2.75, 3.05) is 19.8 Å². The van der Waals surface area contributed by atoms with Crippen LogP contribution < -0.4 is 9.47 Å². The number of Topliss-reactive ketones (excluding diaryl/α,β-unsaturated/α-hetero) is 1. The summed E-state index contributed by atoms with van der Waals surface area (Å²) in [7, 11) is 0. The highest BCUT2D eigenvalue weighted by Gasteiger charge is 2.46. The summed E-state index contributed by atoms with van der Waals surface area (Å²) in [5.74, 6) is -0.979. The molecule has 0 radical (unpaired) electrons. The SMILES string of the molecule is CCCOc1cccc(C(O)=C2C(=O)C(=O)N(CCc3ccccc3)C2c2ccc(O)c(OCC)c2)c1. The number of rotatable bonds is 10. The molecule has 1 aliphatic rings. The van der Waals surface area contributed by atoms with Crippen LogP contribution in [0.1, 0.15) is 43.0 Å². The average molecular weight is 502 g/mol. The van der Waals surface area contributed by atoms with Crippen molar-refractivity contribution in [2.45, 2.75) is 32.7 Å². The number of benzene rings is 3. The van der Waals surface area contributed by atoms with Gasteiger partial charge in [-0.1, -0.05) is 55.5 Å². The lowest BCUT2D eigenvalue weighted by Gasteiger charge is -2.26. The predicted molar refractivity (Wildman–Crippen MR) is 141 cm³/mol. The van der Waals surface area contributed by atoms with Gasteiger partial charge in [0, 0.05) is 12.1 Å². The Balaban J connectivity index is 1.80. The average Bonchev–Trinajstić information content (AvgIpc) is 3.17. The van der Waals surface area contributed by atoms with Gasteiger partial charge in [-0.05, 0) is 55.2 Å². The number of hydrogen-bond acceptors (Lipinski definition) is 6. The van der Waals surface area contributed by atoms with Crippen molar-refractivity contribution in [1.29, 1.82) is 0 Å². The molecule has 37 heavy (non-hydrogen) atoms. The lowest BCUT2D eigenvalue weighted by atomic mass is 9.94. The third-order valence-corrected chi connectivity index (χ3v) is 6.20. The highest BCUT2D eigenvalue weighted by atomic mass is 16.5. The maximum atomic E-state index is 13.3. The van der Waals surface area contributed by atoms with Crippen molar-refractivity contribution in [3.05, 3.63) is 95.1 Å². The molecule has 0 aliphatic carbocycles. The van der Waals surface area contributed by atoms with Gasteiger partial charge in [0.25, 0.3) is 11.7 Å². The molecule has 0 aromatic heterocycles. The van der Waals surface area contributed by atoms with Crippen LogP contribution >= 0.6 is 0 Å². The zero-order valence-electron chi connectivity index (χ0n) is 21.0. The molecule has 0 bridgehead atoms. The molecule has 1 fully saturated rings. The number of carbonyl (C=O) groups excluding carboxylic acids is 2. The minimum Gasteiger partial charge on any atom is -0.507 e. The Bertz CT molecular complexity index is 1300. The number of amides is 1. The standard InChI is InChI=1S/C30H31NO6/c1-3-17-37-23-12-8-11-22(18-23)28(33)26-27(21-13-14-24(32)25(19-21)36-4-2)31(30(35)29(26)34)16-15-20-9-6-5-7-10-20/h5-14,18-19,27,32-33H,3-4,15-17H2,1-2H3. The van der Waals surface area contributed by atoms with Crippen LogP contribution in [0.5, 0.6) is 17.2 Å². The van der Waals surface area contributed by atoms with Gasteiger partial charge >= 0.3 is 0 Å². The van der Waals surface area contributed by atoms with Crippen LogP contribution in [-0.4, -0.2) is 46.6 Å². The summed E-state index contributed by atoms with van der Waals surface area (Å²) in [6.45, 7) is 4.90. The van der Waals surface area contributed by atoms with Crippen molar-refractivity contribution in [3.63, 3.8) is 0 Å². The van der Waals surface area contributed by atoms with E-state index < -0.39 is 17.7 Å². The second-order valence-electron chi connectivity index (χ2n) is 8.76. The van der Waals surface area contributed by atoms with E-state index in [-0.39, 0.29) is 29.4 Å². The van der Waals surface area contributed by atoms with Crippen molar-refractivity contribution in [1.82, 2.24) is 4.90 Å². The van der Waals surface area contributed by atoms with Gasteiger partial charge in [-0.3, -0.25) is 9.59 Å². The topological polar surface area (TPSA) is 96.3 Å². The van der Waals surface area contributed by atoms with E-state index in [4.69, 9.17) is 9.47 Å². The van der Waals surface area contributed by atoms with Gasteiger partial charge in [-0.25, -0.2) is 0 Å². The van der Waals surface area contributed by atoms with Crippen LogP contribution in [0.4, 0.5) is 0 Å². The van der Waals surface area contributed by atoms with Gasteiger partial charge in [0.2, 0.25) is 0 Å². The highest BCUT2D eigenvalue weighted by molar-refractivity contribution is 6.46. The number of aliphatic hydroxyl groups is 1. The molecule has 1 atom stereocenters. The molecule has 1 unspecified atom stereocenters. The van der Waals surface area contributed by atoms with Gasteiger partial charge in [0.15, 0.2) is 11.5 Å². The fourth-order valence-electron chi connectivity index (χ4n) is 4.43. The second kappa shape index (κ2) is 11.6. The molecule has 1 amide bonds. The van der Waals surface area contributed by atoms with Crippen LogP contribution in [-0.2, 0) is 16.0 Å². The van der Waals surface area contributed by atoms with Crippen LogP contribution in [0.3, 0.4) is 0 Å². The molecular weight excluding hydrogens is 470 g/mol. The molecule has 7 heteroatoms. The number of phenolic OH excluding ortho intramolecular Hbond substituents is 1. The summed E-state index contributed by atoms with van der Waals surface area (Å²) in [6.07, 6.45) is 1.35. The van der Waals surface area contributed by atoms with Crippen molar-refractivity contribution >= 4 is 17.4 Å². The molecule has 4 rings (SSSR count). The normalized spacial score (nSPS) is 16.7. The molecule has 2 N–H and O–H groups in total. The quantitative estimate of drug-likeness (QED) is 0.224. The van der Waals surface area contributed by atoms with Crippen molar-refractivity contribution < 1.29 is 29.3 Å². The van der Waals surface area contributed by atoms with Crippen LogP contribution in [0.25, 0.3) is 5.76 Å². The largest absolute Gasteiger partial charge is 0.507 e. The lowest BCUT2D eigenvalue weighted by molar-refractivity contribution is -0.139. The number of ketones is 1. The molecule has 3 aromatic rings. The molecule has 192 valence electrons. The monoisotopic (exact) mass is 501 g/mol. The van der Waals surface area contributed by atoms with E-state index in [1.54, 1.807) is 43.3 Å². The molecule has 0 saturated carbocycles. The summed E-state index contributed by atoms with van der Waals surface area (Å²) in [4.78, 5) is 28.1. The van der Waals surface area contributed by atoms with Gasteiger partial charge < -0.3 is 24.6 Å². The van der Waals surface area contributed by atoms with E-state index in [1.807, 2.05) is 37.3 Å². The number of phenols is 1. The van der Waals surface area contributed by atoms with E-state index in [0.717, 1.165) is 12.0 Å². The third kappa shape index (κ3) is 5.61. The Morgan fingerprint density at radius 2 is 1.73 bits per heavy atom. The first-order valence-corrected chi connectivity index (χ1v) is 12.5. The molecular formula is C30H31NO6. The number of ether oxygens (including phenoxy) is 2. The zero-order valence-corrected chi connectivity index (χ0v) is 21.0. The summed E-state index contributed by atoms with van der Waals surface area (Å²) in [5.41, 5.74) is 1.93. The maximum Gasteiger partial charge on any atom is 0.295 e. The molecule has 0 spiro atoms. The molecule has 3 aromatic carbocycles.